The maximum Gasteiger partial charge on any atom is 0.199 e. The van der Waals surface area contributed by atoms with Crippen molar-refractivity contribution < 1.29 is 0 Å². The molecule has 2 unspecified atom stereocenters. The second-order valence-corrected chi connectivity index (χ2v) is 7.89. The van der Waals surface area contributed by atoms with Crippen LogP contribution >= 0.6 is 11.6 Å². The van der Waals surface area contributed by atoms with Crippen molar-refractivity contribution in [2.75, 3.05) is 18.0 Å². The SMILES string of the molecule is Clc1ccc2nc(N3CCCCC4CCCC4C3)c3ncnn3c2c1. The highest BCUT2D eigenvalue weighted by atomic mass is 35.5. The van der Waals surface area contributed by atoms with E-state index in [4.69, 9.17) is 16.6 Å². The van der Waals surface area contributed by atoms with Gasteiger partial charge in [-0.15, -0.1) is 0 Å². The van der Waals surface area contributed by atoms with Gasteiger partial charge in [-0.3, -0.25) is 0 Å². The lowest BCUT2D eigenvalue weighted by Crippen LogP contribution is -2.35. The molecule has 1 aromatic carbocycles. The standard InChI is InChI=1S/C19H22ClN5/c20-15-7-8-16-17(10-15)25-18(21-12-22-25)19(23-16)24-9-2-1-4-13-5-3-6-14(13)11-24/h7-8,10,12-14H,1-6,9,11H2. The van der Waals surface area contributed by atoms with E-state index < -0.39 is 0 Å². The molecule has 2 aromatic heterocycles. The van der Waals surface area contributed by atoms with Crippen LogP contribution in [-0.4, -0.2) is 32.7 Å². The number of halogens is 1. The van der Waals surface area contributed by atoms with Gasteiger partial charge in [0.25, 0.3) is 0 Å². The Morgan fingerprint density at radius 1 is 1.04 bits per heavy atom. The summed E-state index contributed by atoms with van der Waals surface area (Å²) < 4.78 is 1.88. The van der Waals surface area contributed by atoms with Crippen molar-refractivity contribution in [1.29, 1.82) is 0 Å². The lowest BCUT2D eigenvalue weighted by molar-refractivity contribution is 0.334. The molecule has 1 saturated heterocycles. The zero-order valence-electron chi connectivity index (χ0n) is 14.2. The van der Waals surface area contributed by atoms with E-state index in [9.17, 15) is 0 Å². The van der Waals surface area contributed by atoms with Crippen molar-refractivity contribution in [2.24, 2.45) is 11.8 Å². The summed E-state index contributed by atoms with van der Waals surface area (Å²) in [6.07, 6.45) is 9.71. The molecule has 6 heteroatoms. The average Bonchev–Trinajstić information content (AvgIpc) is 3.24. The van der Waals surface area contributed by atoms with E-state index in [0.29, 0.717) is 5.02 Å². The number of hydrogen-bond donors (Lipinski definition) is 0. The highest BCUT2D eigenvalue weighted by Gasteiger charge is 2.31. The highest BCUT2D eigenvalue weighted by Crippen LogP contribution is 2.38. The van der Waals surface area contributed by atoms with Gasteiger partial charge < -0.3 is 4.90 Å². The number of rotatable bonds is 1. The summed E-state index contributed by atoms with van der Waals surface area (Å²) in [4.78, 5) is 11.9. The molecule has 1 saturated carbocycles. The van der Waals surface area contributed by atoms with Gasteiger partial charge in [0.15, 0.2) is 11.5 Å². The topological polar surface area (TPSA) is 46.3 Å². The van der Waals surface area contributed by atoms with Crippen LogP contribution < -0.4 is 4.90 Å². The van der Waals surface area contributed by atoms with Crippen LogP contribution in [0.3, 0.4) is 0 Å². The van der Waals surface area contributed by atoms with Crippen LogP contribution in [0.25, 0.3) is 16.7 Å². The fourth-order valence-corrected chi connectivity index (χ4v) is 4.88. The van der Waals surface area contributed by atoms with Gasteiger partial charge in [-0.25, -0.2) is 14.5 Å². The Kier molecular flexibility index (Phi) is 3.77. The Bertz CT molecular complexity index is 921. The monoisotopic (exact) mass is 355 g/mol. The van der Waals surface area contributed by atoms with Crippen LogP contribution in [-0.2, 0) is 0 Å². The summed E-state index contributed by atoms with van der Waals surface area (Å²) in [6, 6.07) is 5.78. The first kappa shape index (κ1) is 15.4. The molecule has 0 bridgehead atoms. The average molecular weight is 356 g/mol. The van der Waals surface area contributed by atoms with Gasteiger partial charge in [0, 0.05) is 18.1 Å². The minimum absolute atomic E-state index is 0.693. The van der Waals surface area contributed by atoms with Crippen LogP contribution in [0.4, 0.5) is 5.82 Å². The molecule has 2 atom stereocenters. The number of benzene rings is 1. The zero-order valence-corrected chi connectivity index (χ0v) is 15.0. The molecular weight excluding hydrogens is 334 g/mol. The zero-order chi connectivity index (χ0) is 16.8. The van der Waals surface area contributed by atoms with Gasteiger partial charge in [-0.05, 0) is 42.9 Å². The number of anilines is 1. The lowest BCUT2D eigenvalue weighted by Gasteiger charge is -2.32. The largest absolute Gasteiger partial charge is 0.353 e. The van der Waals surface area contributed by atoms with Crippen LogP contribution in [0.2, 0.25) is 5.02 Å². The molecule has 0 spiro atoms. The fourth-order valence-electron chi connectivity index (χ4n) is 4.72. The molecule has 1 aliphatic heterocycles. The van der Waals surface area contributed by atoms with E-state index in [2.05, 4.69) is 15.0 Å². The molecule has 0 N–H and O–H groups in total. The summed E-state index contributed by atoms with van der Waals surface area (Å²) in [5.74, 6) is 2.67. The molecule has 0 amide bonds. The van der Waals surface area contributed by atoms with Crippen molar-refractivity contribution in [1.82, 2.24) is 19.6 Å². The normalized spacial score (nSPS) is 24.4. The fraction of sp³-hybridized carbons (Fsp3) is 0.526. The van der Waals surface area contributed by atoms with E-state index >= 15 is 0 Å². The molecular formula is C19H22ClN5. The second kappa shape index (κ2) is 6.13. The number of fused-ring (bicyclic) bond motifs is 4. The molecule has 5 rings (SSSR count). The maximum absolute atomic E-state index is 6.18. The number of aromatic nitrogens is 4. The third-order valence-electron chi connectivity index (χ3n) is 5.96. The molecule has 130 valence electrons. The van der Waals surface area contributed by atoms with E-state index in [1.165, 1.54) is 38.5 Å². The first-order valence-corrected chi connectivity index (χ1v) is 9.71. The molecule has 1 aliphatic carbocycles. The predicted octanol–water partition coefficient (Wildman–Crippen LogP) is 4.34. The van der Waals surface area contributed by atoms with Crippen molar-refractivity contribution in [2.45, 2.75) is 38.5 Å². The molecule has 3 heterocycles. The molecule has 25 heavy (non-hydrogen) atoms. The van der Waals surface area contributed by atoms with Crippen LogP contribution in [0, 0.1) is 11.8 Å². The Balaban J connectivity index is 1.62. The van der Waals surface area contributed by atoms with Crippen LogP contribution in [0.15, 0.2) is 24.5 Å². The van der Waals surface area contributed by atoms with Crippen LogP contribution in [0.1, 0.15) is 38.5 Å². The molecule has 2 aliphatic rings. The third-order valence-corrected chi connectivity index (χ3v) is 6.20. The Labute approximate surface area is 152 Å². The quantitative estimate of drug-likeness (QED) is 0.651. The summed E-state index contributed by atoms with van der Waals surface area (Å²) in [6.45, 7) is 2.15. The minimum atomic E-state index is 0.693. The van der Waals surface area contributed by atoms with Gasteiger partial charge in [0.2, 0.25) is 0 Å². The van der Waals surface area contributed by atoms with Crippen molar-refractivity contribution in [3.63, 3.8) is 0 Å². The molecule has 2 fully saturated rings. The summed E-state index contributed by atoms with van der Waals surface area (Å²) >= 11 is 6.18. The predicted molar refractivity (Wildman–Crippen MR) is 100 cm³/mol. The van der Waals surface area contributed by atoms with E-state index in [-0.39, 0.29) is 0 Å². The van der Waals surface area contributed by atoms with Crippen LogP contribution in [0.5, 0.6) is 0 Å². The van der Waals surface area contributed by atoms with E-state index in [0.717, 1.165) is 47.4 Å². The van der Waals surface area contributed by atoms with Crippen molar-refractivity contribution >= 4 is 34.1 Å². The smallest absolute Gasteiger partial charge is 0.199 e. The summed E-state index contributed by atoms with van der Waals surface area (Å²) in [5, 5.41) is 5.13. The third kappa shape index (κ3) is 2.65. The minimum Gasteiger partial charge on any atom is -0.353 e. The first-order chi connectivity index (χ1) is 12.3. The number of nitrogens with zero attached hydrogens (tertiary/aromatic N) is 5. The van der Waals surface area contributed by atoms with Crippen molar-refractivity contribution in [3.05, 3.63) is 29.5 Å². The molecule has 3 aromatic rings. The second-order valence-electron chi connectivity index (χ2n) is 7.46. The molecule has 5 nitrogen and oxygen atoms in total. The Morgan fingerprint density at radius 2 is 1.92 bits per heavy atom. The summed E-state index contributed by atoms with van der Waals surface area (Å²) in [7, 11) is 0. The van der Waals surface area contributed by atoms with Gasteiger partial charge in [-0.1, -0.05) is 37.3 Å². The first-order valence-electron chi connectivity index (χ1n) is 9.33. The Hall–Kier alpha value is -1.88. The van der Waals surface area contributed by atoms with E-state index in [1.54, 1.807) is 6.33 Å². The molecule has 0 radical (unpaired) electrons. The van der Waals surface area contributed by atoms with Crippen molar-refractivity contribution in [3.8, 4) is 0 Å². The lowest BCUT2D eigenvalue weighted by atomic mass is 9.89. The summed E-state index contributed by atoms with van der Waals surface area (Å²) in [5.41, 5.74) is 2.67. The van der Waals surface area contributed by atoms with Gasteiger partial charge in [0.05, 0.1) is 11.0 Å². The Morgan fingerprint density at radius 3 is 2.88 bits per heavy atom. The number of hydrogen-bond acceptors (Lipinski definition) is 4. The van der Waals surface area contributed by atoms with E-state index in [1.807, 2.05) is 22.7 Å². The highest BCUT2D eigenvalue weighted by molar-refractivity contribution is 6.31. The van der Waals surface area contributed by atoms with Gasteiger partial charge in [-0.2, -0.15) is 5.10 Å². The van der Waals surface area contributed by atoms with Gasteiger partial charge in [0.1, 0.15) is 6.33 Å². The van der Waals surface area contributed by atoms with Gasteiger partial charge >= 0.3 is 0 Å². The maximum atomic E-state index is 6.18.